The zero-order chi connectivity index (χ0) is 21.5. The van der Waals surface area contributed by atoms with Gasteiger partial charge >= 0.3 is 0 Å². The summed E-state index contributed by atoms with van der Waals surface area (Å²) in [5.74, 6) is -5.62. The Morgan fingerprint density at radius 2 is 1.90 bits per heavy atom. The van der Waals surface area contributed by atoms with Crippen LogP contribution in [0, 0.1) is 11.7 Å². The summed E-state index contributed by atoms with van der Waals surface area (Å²) < 4.78 is 41.2. The molecule has 0 radical (unpaired) electrons. The van der Waals surface area contributed by atoms with Crippen LogP contribution in [0.2, 0.25) is 5.02 Å². The minimum Gasteiger partial charge on any atom is -0.329 e. The lowest BCUT2D eigenvalue weighted by Gasteiger charge is -2.22. The molecule has 4 rings (SSSR count). The van der Waals surface area contributed by atoms with Crippen LogP contribution in [0.4, 0.5) is 19.1 Å². The Morgan fingerprint density at radius 3 is 2.47 bits per heavy atom. The molecular weight excluding hydrogens is 421 g/mol. The summed E-state index contributed by atoms with van der Waals surface area (Å²) in [6.07, 6.45) is 4.01. The topological polar surface area (TPSA) is 75.2 Å². The van der Waals surface area contributed by atoms with Crippen molar-refractivity contribution in [2.75, 3.05) is 18.4 Å². The minimum absolute atomic E-state index is 0.0106. The van der Waals surface area contributed by atoms with Gasteiger partial charge in [0.1, 0.15) is 12.4 Å². The fourth-order valence-electron chi connectivity index (χ4n) is 3.24. The Balaban J connectivity index is 1.48. The van der Waals surface area contributed by atoms with E-state index in [1.807, 2.05) is 0 Å². The van der Waals surface area contributed by atoms with Crippen LogP contribution >= 0.6 is 11.6 Å². The first kappa shape index (κ1) is 20.6. The summed E-state index contributed by atoms with van der Waals surface area (Å²) in [6, 6.07) is 4.12. The molecule has 2 saturated carbocycles. The minimum atomic E-state index is -2.87. The number of alkyl halides is 2. The van der Waals surface area contributed by atoms with E-state index in [0.29, 0.717) is 5.56 Å². The Labute approximate surface area is 175 Å². The second-order valence-corrected chi connectivity index (χ2v) is 8.07. The van der Waals surface area contributed by atoms with Gasteiger partial charge in [0.25, 0.3) is 11.8 Å². The Kier molecular flexibility index (Phi) is 5.40. The maximum atomic E-state index is 14.3. The van der Waals surface area contributed by atoms with E-state index < -0.39 is 36.0 Å². The molecule has 2 fully saturated rings. The number of halogens is 4. The molecule has 2 amide bonds. The van der Waals surface area contributed by atoms with Gasteiger partial charge in [-0.05, 0) is 36.5 Å². The molecule has 158 valence electrons. The molecule has 2 aromatic rings. The monoisotopic (exact) mass is 438 g/mol. The molecule has 0 bridgehead atoms. The largest absolute Gasteiger partial charge is 0.329 e. The number of amides is 2. The first-order chi connectivity index (χ1) is 14.2. The van der Waals surface area contributed by atoms with Crippen molar-refractivity contribution >= 4 is 29.4 Å². The van der Waals surface area contributed by atoms with Crippen molar-refractivity contribution in [3.05, 3.63) is 52.6 Å². The number of carbonyl (C=O) groups is 2. The van der Waals surface area contributed by atoms with Gasteiger partial charge in [-0.25, -0.2) is 23.1 Å². The van der Waals surface area contributed by atoms with Gasteiger partial charge in [0.05, 0.1) is 17.4 Å². The smallest absolute Gasteiger partial charge is 0.254 e. The van der Waals surface area contributed by atoms with E-state index in [-0.39, 0.29) is 35.4 Å². The predicted molar refractivity (Wildman–Crippen MR) is 103 cm³/mol. The summed E-state index contributed by atoms with van der Waals surface area (Å²) in [4.78, 5) is 33.9. The van der Waals surface area contributed by atoms with E-state index in [9.17, 15) is 22.8 Å². The summed E-state index contributed by atoms with van der Waals surface area (Å²) in [7, 11) is 0. The van der Waals surface area contributed by atoms with Crippen LogP contribution in [0.1, 0.15) is 41.1 Å². The zero-order valence-electron chi connectivity index (χ0n) is 15.7. The molecule has 0 aliphatic heterocycles. The molecule has 1 atom stereocenters. The highest BCUT2D eigenvalue weighted by Gasteiger charge is 2.57. The van der Waals surface area contributed by atoms with E-state index in [4.69, 9.17) is 11.6 Å². The Hall–Kier alpha value is -2.68. The lowest BCUT2D eigenvalue weighted by atomic mass is 10.1. The highest BCUT2D eigenvalue weighted by molar-refractivity contribution is 6.30. The van der Waals surface area contributed by atoms with Crippen molar-refractivity contribution in [3.8, 4) is 0 Å². The van der Waals surface area contributed by atoms with E-state index in [0.717, 1.165) is 23.8 Å². The molecule has 0 spiro atoms. The van der Waals surface area contributed by atoms with Crippen LogP contribution in [0.25, 0.3) is 0 Å². The summed E-state index contributed by atoms with van der Waals surface area (Å²) in [6.45, 7) is -0.809. The third-order valence-corrected chi connectivity index (χ3v) is 5.35. The normalized spacial score (nSPS) is 19.3. The van der Waals surface area contributed by atoms with Crippen LogP contribution in [0.3, 0.4) is 0 Å². The molecule has 2 aliphatic rings. The van der Waals surface area contributed by atoms with Crippen molar-refractivity contribution in [1.29, 1.82) is 0 Å². The van der Waals surface area contributed by atoms with E-state index in [2.05, 4.69) is 15.3 Å². The number of hydrogen-bond acceptors (Lipinski definition) is 4. The average Bonchev–Trinajstić information content (AvgIpc) is 3.61. The Morgan fingerprint density at radius 1 is 1.23 bits per heavy atom. The number of carbonyl (C=O) groups excluding carboxylic acids is 2. The van der Waals surface area contributed by atoms with Gasteiger partial charge in [-0.1, -0.05) is 17.7 Å². The first-order valence-electron chi connectivity index (χ1n) is 9.47. The second kappa shape index (κ2) is 7.86. The van der Waals surface area contributed by atoms with Gasteiger partial charge in [0.2, 0.25) is 11.9 Å². The molecular formula is C20H18ClF3N4O2. The van der Waals surface area contributed by atoms with Crippen LogP contribution in [-0.2, 0) is 4.79 Å². The van der Waals surface area contributed by atoms with Crippen molar-refractivity contribution in [3.63, 3.8) is 0 Å². The van der Waals surface area contributed by atoms with Gasteiger partial charge in [-0.2, -0.15) is 0 Å². The first-order valence-corrected chi connectivity index (χ1v) is 9.84. The second-order valence-electron chi connectivity index (χ2n) is 7.63. The van der Waals surface area contributed by atoms with E-state index in [1.165, 1.54) is 18.5 Å². The van der Waals surface area contributed by atoms with E-state index in [1.54, 1.807) is 6.07 Å². The van der Waals surface area contributed by atoms with Crippen molar-refractivity contribution in [2.24, 2.45) is 5.92 Å². The number of anilines is 1. The van der Waals surface area contributed by atoms with E-state index >= 15 is 0 Å². The third-order valence-electron chi connectivity index (χ3n) is 5.15. The molecule has 1 unspecified atom stereocenters. The van der Waals surface area contributed by atoms with Crippen LogP contribution in [0.5, 0.6) is 0 Å². The number of aromatic nitrogens is 2. The SMILES string of the molecule is O=C(CN(CC1CC1(F)F)C(=O)c1ccc(C2CC2)c(F)c1)Nc1ncc(Cl)cn1. The van der Waals surface area contributed by atoms with Crippen LogP contribution < -0.4 is 5.32 Å². The lowest BCUT2D eigenvalue weighted by molar-refractivity contribution is -0.117. The summed E-state index contributed by atoms with van der Waals surface area (Å²) in [5.41, 5.74) is 0.556. The van der Waals surface area contributed by atoms with Gasteiger partial charge in [0, 0.05) is 24.4 Å². The quantitative estimate of drug-likeness (QED) is 0.711. The number of nitrogens with one attached hydrogen (secondary N) is 1. The molecule has 0 saturated heterocycles. The number of nitrogens with zero attached hydrogens (tertiary/aromatic N) is 3. The molecule has 30 heavy (non-hydrogen) atoms. The molecule has 1 aromatic carbocycles. The molecule has 2 aliphatic carbocycles. The highest BCUT2D eigenvalue weighted by atomic mass is 35.5. The van der Waals surface area contributed by atoms with Gasteiger partial charge in [-0.3, -0.25) is 14.9 Å². The Bertz CT molecular complexity index is 983. The lowest BCUT2D eigenvalue weighted by Crippen LogP contribution is -2.40. The molecule has 10 heteroatoms. The number of benzene rings is 1. The standard InChI is InChI=1S/C20H18ClF3N4O2/c21-14-7-25-19(26-8-14)27-17(29)10-28(9-13-6-20(13,23)24)18(30)12-3-4-15(11-1-2-11)16(22)5-12/h3-5,7-8,11,13H,1-2,6,9-10H2,(H,25,26,27,29). The average molecular weight is 439 g/mol. The zero-order valence-corrected chi connectivity index (χ0v) is 16.5. The molecule has 6 nitrogen and oxygen atoms in total. The fraction of sp³-hybridized carbons (Fsp3) is 0.400. The van der Waals surface area contributed by atoms with Crippen molar-refractivity contribution < 1.29 is 22.8 Å². The van der Waals surface area contributed by atoms with Gasteiger partial charge < -0.3 is 4.90 Å². The number of hydrogen-bond donors (Lipinski definition) is 1. The fourth-order valence-corrected chi connectivity index (χ4v) is 3.33. The van der Waals surface area contributed by atoms with Crippen molar-refractivity contribution in [1.82, 2.24) is 14.9 Å². The van der Waals surface area contributed by atoms with Crippen LogP contribution in [-0.4, -0.2) is 45.7 Å². The maximum absolute atomic E-state index is 14.3. The van der Waals surface area contributed by atoms with Gasteiger partial charge in [-0.15, -0.1) is 0 Å². The third kappa shape index (κ3) is 4.72. The summed E-state index contributed by atoms with van der Waals surface area (Å²) >= 11 is 5.69. The molecule has 1 heterocycles. The molecule has 1 aromatic heterocycles. The maximum Gasteiger partial charge on any atom is 0.254 e. The van der Waals surface area contributed by atoms with Gasteiger partial charge in [0.15, 0.2) is 0 Å². The predicted octanol–water partition coefficient (Wildman–Crippen LogP) is 3.88. The summed E-state index contributed by atoms with van der Waals surface area (Å²) in [5, 5.41) is 2.66. The van der Waals surface area contributed by atoms with Crippen molar-refractivity contribution in [2.45, 2.75) is 31.1 Å². The molecule has 1 N–H and O–H groups in total. The van der Waals surface area contributed by atoms with Crippen LogP contribution in [0.15, 0.2) is 30.6 Å². The highest BCUT2D eigenvalue weighted by Crippen LogP contribution is 2.49. The number of rotatable bonds is 7.